The number of aliphatic hydroxyl groups is 4. The second kappa shape index (κ2) is 5.45. The standard InChI is InChI=1S/C10H15N5O4/c11-9-7-10(13-3-12-9)15(4-14-7)1-5(17)8(19)6(18)2-16/h3-6,8,16-19H,1-2H2,(H2,11,12,13)/t5-,6-,8-/m0/s1. The van der Waals surface area contributed by atoms with E-state index in [1.807, 2.05) is 0 Å². The van der Waals surface area contributed by atoms with Crippen molar-refractivity contribution in [3.63, 3.8) is 0 Å². The lowest BCUT2D eigenvalue weighted by Crippen LogP contribution is -2.41. The van der Waals surface area contributed by atoms with Gasteiger partial charge in [0.25, 0.3) is 0 Å². The van der Waals surface area contributed by atoms with Gasteiger partial charge in [0.15, 0.2) is 11.5 Å². The molecule has 0 bridgehead atoms. The van der Waals surface area contributed by atoms with E-state index in [1.54, 1.807) is 0 Å². The van der Waals surface area contributed by atoms with E-state index in [0.29, 0.717) is 11.2 Å². The fourth-order valence-corrected chi connectivity index (χ4v) is 1.71. The number of nitrogens with zero attached hydrogens (tertiary/aromatic N) is 4. The summed E-state index contributed by atoms with van der Waals surface area (Å²) in [5.41, 5.74) is 6.43. The highest BCUT2D eigenvalue weighted by Gasteiger charge is 2.25. The summed E-state index contributed by atoms with van der Waals surface area (Å²) in [6, 6.07) is 0. The van der Waals surface area contributed by atoms with Gasteiger partial charge in [-0.2, -0.15) is 0 Å². The van der Waals surface area contributed by atoms with Crippen molar-refractivity contribution in [1.82, 2.24) is 19.5 Å². The number of nitrogens with two attached hydrogens (primary N) is 1. The van der Waals surface area contributed by atoms with Gasteiger partial charge in [0.1, 0.15) is 30.2 Å². The molecule has 0 unspecified atom stereocenters. The molecule has 0 aliphatic heterocycles. The van der Waals surface area contributed by atoms with Crippen LogP contribution in [0.25, 0.3) is 11.2 Å². The maximum absolute atomic E-state index is 9.78. The van der Waals surface area contributed by atoms with Crippen LogP contribution < -0.4 is 5.73 Å². The van der Waals surface area contributed by atoms with Crippen molar-refractivity contribution < 1.29 is 20.4 Å². The topological polar surface area (TPSA) is 151 Å². The molecule has 0 aliphatic rings. The first-order valence-electron chi connectivity index (χ1n) is 5.61. The van der Waals surface area contributed by atoms with Gasteiger partial charge in [-0.1, -0.05) is 0 Å². The number of aliphatic hydroxyl groups excluding tert-OH is 4. The molecule has 9 heteroatoms. The Kier molecular flexibility index (Phi) is 3.90. The number of imidazole rings is 1. The van der Waals surface area contributed by atoms with Crippen molar-refractivity contribution in [2.24, 2.45) is 0 Å². The fourth-order valence-electron chi connectivity index (χ4n) is 1.71. The lowest BCUT2D eigenvalue weighted by atomic mass is 10.1. The Bertz CT molecular complexity index is 560. The lowest BCUT2D eigenvalue weighted by molar-refractivity contribution is -0.0803. The third kappa shape index (κ3) is 2.63. The van der Waals surface area contributed by atoms with Gasteiger partial charge < -0.3 is 30.7 Å². The van der Waals surface area contributed by atoms with Crippen LogP contribution >= 0.6 is 0 Å². The van der Waals surface area contributed by atoms with Crippen LogP contribution in [0, 0.1) is 0 Å². The van der Waals surface area contributed by atoms with E-state index in [4.69, 9.17) is 10.8 Å². The molecule has 3 atom stereocenters. The van der Waals surface area contributed by atoms with Crippen LogP contribution in [0.5, 0.6) is 0 Å². The van der Waals surface area contributed by atoms with Gasteiger partial charge in [-0.05, 0) is 0 Å². The zero-order valence-corrected chi connectivity index (χ0v) is 9.96. The van der Waals surface area contributed by atoms with Gasteiger partial charge >= 0.3 is 0 Å². The highest BCUT2D eigenvalue weighted by Crippen LogP contribution is 2.15. The molecule has 0 aliphatic carbocycles. The molecule has 0 saturated heterocycles. The lowest BCUT2D eigenvalue weighted by Gasteiger charge is -2.21. The highest BCUT2D eigenvalue weighted by atomic mass is 16.4. The number of aromatic nitrogens is 4. The maximum atomic E-state index is 9.78. The first kappa shape index (κ1) is 13.6. The van der Waals surface area contributed by atoms with E-state index >= 15 is 0 Å². The number of anilines is 1. The first-order valence-corrected chi connectivity index (χ1v) is 5.61. The molecule has 2 rings (SSSR count). The first-order chi connectivity index (χ1) is 9.04. The Morgan fingerprint density at radius 3 is 2.58 bits per heavy atom. The number of rotatable bonds is 5. The second-order valence-electron chi connectivity index (χ2n) is 4.14. The second-order valence-corrected chi connectivity index (χ2v) is 4.14. The zero-order chi connectivity index (χ0) is 14.0. The Labute approximate surface area is 108 Å². The van der Waals surface area contributed by atoms with Crippen molar-refractivity contribution in [3.05, 3.63) is 12.7 Å². The minimum Gasteiger partial charge on any atom is -0.394 e. The summed E-state index contributed by atoms with van der Waals surface area (Å²) >= 11 is 0. The van der Waals surface area contributed by atoms with Gasteiger partial charge in [0, 0.05) is 0 Å². The Balaban J connectivity index is 2.20. The summed E-state index contributed by atoms with van der Waals surface area (Å²) in [6.45, 7) is -0.691. The van der Waals surface area contributed by atoms with Crippen molar-refractivity contribution in [1.29, 1.82) is 0 Å². The maximum Gasteiger partial charge on any atom is 0.165 e. The minimum atomic E-state index is -1.47. The number of fused-ring (bicyclic) bond motifs is 1. The van der Waals surface area contributed by atoms with Crippen LogP contribution in [-0.2, 0) is 6.54 Å². The van der Waals surface area contributed by atoms with Gasteiger partial charge in [-0.15, -0.1) is 0 Å². The van der Waals surface area contributed by atoms with Gasteiger partial charge in [-0.3, -0.25) is 0 Å². The van der Waals surface area contributed by atoms with Crippen molar-refractivity contribution in [3.8, 4) is 0 Å². The van der Waals surface area contributed by atoms with E-state index in [1.165, 1.54) is 17.2 Å². The number of nitrogen functional groups attached to an aromatic ring is 1. The molecule has 0 amide bonds. The van der Waals surface area contributed by atoms with Crippen molar-refractivity contribution in [2.45, 2.75) is 24.9 Å². The van der Waals surface area contributed by atoms with E-state index in [2.05, 4.69) is 15.0 Å². The Morgan fingerprint density at radius 1 is 1.16 bits per heavy atom. The highest BCUT2D eigenvalue weighted by molar-refractivity contribution is 5.81. The van der Waals surface area contributed by atoms with E-state index < -0.39 is 24.9 Å². The Morgan fingerprint density at radius 2 is 1.89 bits per heavy atom. The summed E-state index contributed by atoms with van der Waals surface area (Å²) < 4.78 is 1.48. The largest absolute Gasteiger partial charge is 0.394 e. The van der Waals surface area contributed by atoms with Gasteiger partial charge in [0.05, 0.1) is 19.5 Å². The third-order valence-electron chi connectivity index (χ3n) is 2.79. The summed E-state index contributed by atoms with van der Waals surface area (Å²) in [5, 5.41) is 37.3. The monoisotopic (exact) mass is 269 g/mol. The number of hydrogen-bond donors (Lipinski definition) is 5. The van der Waals surface area contributed by atoms with E-state index in [0.717, 1.165) is 0 Å². The molecule has 2 heterocycles. The molecule has 6 N–H and O–H groups in total. The normalized spacial score (nSPS) is 16.4. The van der Waals surface area contributed by atoms with Crippen LogP contribution in [-0.4, -0.2) is 64.9 Å². The quantitative estimate of drug-likeness (QED) is 0.399. The zero-order valence-electron chi connectivity index (χ0n) is 9.96. The molecule has 104 valence electrons. The molecule has 0 saturated carbocycles. The van der Waals surface area contributed by atoms with Crippen LogP contribution in [0.4, 0.5) is 5.82 Å². The Hall–Kier alpha value is -1.81. The molecular formula is C10H15N5O4. The van der Waals surface area contributed by atoms with Crippen LogP contribution in [0.3, 0.4) is 0 Å². The van der Waals surface area contributed by atoms with Crippen molar-refractivity contribution >= 4 is 17.0 Å². The molecule has 2 aromatic heterocycles. The van der Waals surface area contributed by atoms with Crippen molar-refractivity contribution in [2.75, 3.05) is 12.3 Å². The molecule has 9 nitrogen and oxygen atoms in total. The summed E-state index contributed by atoms with van der Waals surface area (Å²) in [6.07, 6.45) is -1.50. The summed E-state index contributed by atoms with van der Waals surface area (Å²) in [5.74, 6) is 0.217. The molecule has 0 fully saturated rings. The third-order valence-corrected chi connectivity index (χ3v) is 2.79. The van der Waals surface area contributed by atoms with Gasteiger partial charge in [0.2, 0.25) is 0 Å². The molecule has 0 radical (unpaired) electrons. The predicted molar refractivity (Wildman–Crippen MR) is 64.8 cm³/mol. The molecular weight excluding hydrogens is 254 g/mol. The fraction of sp³-hybridized carbons (Fsp3) is 0.500. The molecule has 2 aromatic rings. The molecule has 19 heavy (non-hydrogen) atoms. The SMILES string of the molecule is Nc1ncnc2c1ncn2C[C@H](O)[C@H](O)[C@@H](O)CO. The summed E-state index contributed by atoms with van der Waals surface area (Å²) in [4.78, 5) is 11.8. The van der Waals surface area contributed by atoms with E-state index in [9.17, 15) is 15.3 Å². The average Bonchev–Trinajstić information content (AvgIpc) is 2.81. The minimum absolute atomic E-state index is 0.0504. The van der Waals surface area contributed by atoms with Crippen LogP contribution in [0.15, 0.2) is 12.7 Å². The number of hydrogen-bond acceptors (Lipinski definition) is 8. The van der Waals surface area contributed by atoms with E-state index in [-0.39, 0.29) is 12.4 Å². The predicted octanol–water partition coefficient (Wildman–Crippen LogP) is -2.52. The van der Waals surface area contributed by atoms with Crippen LogP contribution in [0.1, 0.15) is 0 Å². The molecule has 0 spiro atoms. The molecule has 0 aromatic carbocycles. The smallest absolute Gasteiger partial charge is 0.165 e. The average molecular weight is 269 g/mol. The van der Waals surface area contributed by atoms with Crippen LogP contribution in [0.2, 0.25) is 0 Å². The van der Waals surface area contributed by atoms with Gasteiger partial charge in [-0.25, -0.2) is 15.0 Å². The summed E-state index contributed by atoms with van der Waals surface area (Å²) in [7, 11) is 0.